The van der Waals surface area contributed by atoms with Crippen LogP contribution in [0.2, 0.25) is 0 Å². The second-order valence-electron chi connectivity index (χ2n) is 6.53. The van der Waals surface area contributed by atoms with Gasteiger partial charge in [-0.05, 0) is 26.7 Å². The highest BCUT2D eigenvalue weighted by Gasteiger charge is 2.36. The van der Waals surface area contributed by atoms with E-state index in [2.05, 4.69) is 9.88 Å². The molecule has 0 aromatic carbocycles. The van der Waals surface area contributed by atoms with E-state index in [0.717, 1.165) is 31.0 Å². The predicted octanol–water partition coefficient (Wildman–Crippen LogP) is 1.41. The maximum atomic E-state index is 11.9. The Morgan fingerprint density at radius 1 is 1.40 bits per heavy atom. The summed E-state index contributed by atoms with van der Waals surface area (Å²) in [6.45, 7) is 5.57. The number of primary amides is 1. The van der Waals surface area contributed by atoms with E-state index in [0.29, 0.717) is 5.92 Å². The fraction of sp³-hybridized carbons (Fsp3) is 0.733. The van der Waals surface area contributed by atoms with Crippen molar-refractivity contribution < 1.29 is 4.79 Å². The second kappa shape index (κ2) is 4.88. The van der Waals surface area contributed by atoms with E-state index in [1.54, 1.807) is 0 Å². The van der Waals surface area contributed by atoms with Gasteiger partial charge in [0.1, 0.15) is 11.4 Å². The Hall–Kier alpha value is -1.36. The molecule has 0 unspecified atom stereocenters. The van der Waals surface area contributed by atoms with E-state index >= 15 is 0 Å². The van der Waals surface area contributed by atoms with Gasteiger partial charge in [-0.2, -0.15) is 0 Å². The zero-order valence-electron chi connectivity index (χ0n) is 12.4. The summed E-state index contributed by atoms with van der Waals surface area (Å²) in [5.41, 5.74) is 7.27. The number of rotatable bonds is 3. The average molecular weight is 276 g/mol. The molecule has 2 aliphatic rings. The van der Waals surface area contributed by atoms with Gasteiger partial charge in [0.15, 0.2) is 0 Å². The first-order chi connectivity index (χ1) is 9.51. The fourth-order valence-corrected chi connectivity index (χ4v) is 3.52. The molecule has 1 saturated carbocycles. The van der Waals surface area contributed by atoms with Crippen molar-refractivity contribution in [3.05, 3.63) is 17.2 Å². The van der Waals surface area contributed by atoms with Crippen molar-refractivity contribution >= 4 is 5.91 Å². The van der Waals surface area contributed by atoms with Crippen molar-refractivity contribution in [2.45, 2.75) is 64.0 Å². The smallest absolute Gasteiger partial charge is 0.243 e. The van der Waals surface area contributed by atoms with Gasteiger partial charge in [-0.15, -0.1) is 0 Å². The molecule has 110 valence electrons. The highest BCUT2D eigenvalue weighted by atomic mass is 16.1. The van der Waals surface area contributed by atoms with E-state index in [4.69, 9.17) is 10.7 Å². The third-order valence-corrected chi connectivity index (χ3v) is 4.79. The van der Waals surface area contributed by atoms with E-state index in [-0.39, 0.29) is 5.91 Å². The minimum atomic E-state index is -0.699. The average Bonchev–Trinajstić information content (AvgIpc) is 3.05. The van der Waals surface area contributed by atoms with Crippen LogP contribution in [0.15, 0.2) is 0 Å². The van der Waals surface area contributed by atoms with E-state index in [1.807, 2.05) is 13.8 Å². The van der Waals surface area contributed by atoms with Gasteiger partial charge in [-0.3, -0.25) is 4.79 Å². The Bertz CT molecular complexity index is 526. The van der Waals surface area contributed by atoms with Crippen LogP contribution in [0.1, 0.15) is 62.7 Å². The Kier molecular flexibility index (Phi) is 3.32. The number of hydrogen-bond acceptors (Lipinski definition) is 3. The van der Waals surface area contributed by atoms with E-state index in [9.17, 15) is 4.79 Å². The van der Waals surface area contributed by atoms with Gasteiger partial charge in [-0.25, -0.2) is 4.98 Å². The topological polar surface area (TPSA) is 72.9 Å². The second-order valence-corrected chi connectivity index (χ2v) is 6.53. The largest absolute Gasteiger partial charge is 0.368 e. The molecule has 1 aromatic rings. The summed E-state index contributed by atoms with van der Waals surface area (Å²) in [4.78, 5) is 16.8. The summed E-state index contributed by atoms with van der Waals surface area (Å²) < 4.78 is 2.15. The van der Waals surface area contributed by atoms with Crippen molar-refractivity contribution in [3.8, 4) is 0 Å². The molecule has 20 heavy (non-hydrogen) atoms. The highest BCUT2D eigenvalue weighted by Crippen LogP contribution is 2.37. The number of imidazole rings is 1. The van der Waals surface area contributed by atoms with Gasteiger partial charge in [-0.1, -0.05) is 12.8 Å². The lowest BCUT2D eigenvalue weighted by atomic mass is 9.99. The summed E-state index contributed by atoms with van der Waals surface area (Å²) in [5.74, 6) is 1.29. The summed E-state index contributed by atoms with van der Waals surface area (Å²) in [5, 5.41) is 3.36. The number of amides is 1. The van der Waals surface area contributed by atoms with Crippen LogP contribution in [0.3, 0.4) is 0 Å². The number of nitrogens with two attached hydrogens (primary N) is 1. The summed E-state index contributed by atoms with van der Waals surface area (Å²) >= 11 is 0. The lowest BCUT2D eigenvalue weighted by Gasteiger charge is -2.30. The summed E-state index contributed by atoms with van der Waals surface area (Å²) in [7, 11) is 0. The molecule has 1 aliphatic heterocycles. The number of fused-ring (bicyclic) bond motifs is 1. The van der Waals surface area contributed by atoms with Crippen molar-refractivity contribution in [1.82, 2.24) is 14.9 Å². The molecule has 3 N–H and O–H groups in total. The number of nitrogens with zero attached hydrogens (tertiary/aromatic N) is 2. The van der Waals surface area contributed by atoms with Crippen LogP contribution in [0.25, 0.3) is 0 Å². The maximum Gasteiger partial charge on any atom is 0.243 e. The summed E-state index contributed by atoms with van der Waals surface area (Å²) in [6, 6.07) is 0. The van der Waals surface area contributed by atoms with Crippen LogP contribution in [-0.4, -0.2) is 22.0 Å². The first-order valence-electron chi connectivity index (χ1n) is 7.63. The molecular weight excluding hydrogens is 252 g/mol. The molecule has 2 heterocycles. The predicted molar refractivity (Wildman–Crippen MR) is 77.4 cm³/mol. The first-order valence-corrected chi connectivity index (χ1v) is 7.63. The van der Waals surface area contributed by atoms with Crippen molar-refractivity contribution in [2.75, 3.05) is 6.54 Å². The van der Waals surface area contributed by atoms with Crippen LogP contribution >= 0.6 is 0 Å². The van der Waals surface area contributed by atoms with Crippen LogP contribution in [0.5, 0.6) is 0 Å². The molecular formula is C15H24N4O. The fourth-order valence-electron chi connectivity index (χ4n) is 3.52. The molecule has 3 rings (SSSR count). The maximum absolute atomic E-state index is 11.9. The van der Waals surface area contributed by atoms with Crippen LogP contribution in [-0.2, 0) is 23.3 Å². The Morgan fingerprint density at radius 3 is 2.75 bits per heavy atom. The Balaban J connectivity index is 2.13. The molecule has 0 radical (unpaired) electrons. The number of hydrogen-bond donors (Lipinski definition) is 2. The molecule has 0 saturated heterocycles. The van der Waals surface area contributed by atoms with Gasteiger partial charge in [0.05, 0.1) is 5.69 Å². The minimum absolute atomic E-state index is 0.282. The molecule has 1 aromatic heterocycles. The number of nitrogens with one attached hydrogen (secondary N) is 1. The lowest BCUT2D eigenvalue weighted by molar-refractivity contribution is -0.125. The lowest BCUT2D eigenvalue weighted by Crippen LogP contribution is -2.44. The molecule has 1 aliphatic carbocycles. The van der Waals surface area contributed by atoms with Crippen molar-refractivity contribution in [2.24, 2.45) is 5.73 Å². The first kappa shape index (κ1) is 13.6. The normalized spacial score (nSPS) is 20.1. The molecule has 1 fully saturated rings. The molecule has 0 atom stereocenters. The van der Waals surface area contributed by atoms with Gasteiger partial charge in [0.2, 0.25) is 5.91 Å². The van der Waals surface area contributed by atoms with Gasteiger partial charge in [0.25, 0.3) is 0 Å². The quantitative estimate of drug-likeness (QED) is 0.876. The third-order valence-electron chi connectivity index (χ3n) is 4.79. The molecule has 0 spiro atoms. The zero-order valence-corrected chi connectivity index (χ0v) is 12.4. The van der Waals surface area contributed by atoms with Crippen molar-refractivity contribution in [1.29, 1.82) is 0 Å². The highest BCUT2D eigenvalue weighted by molar-refractivity contribution is 5.82. The van der Waals surface area contributed by atoms with Crippen LogP contribution < -0.4 is 11.1 Å². The number of aromatic nitrogens is 2. The number of carbonyl (C=O) groups excluding carboxylic acids is 1. The van der Waals surface area contributed by atoms with Crippen molar-refractivity contribution in [3.63, 3.8) is 0 Å². The van der Waals surface area contributed by atoms with E-state index < -0.39 is 5.54 Å². The number of carbonyl (C=O) groups is 1. The molecule has 0 bridgehead atoms. The van der Waals surface area contributed by atoms with E-state index in [1.165, 1.54) is 31.4 Å². The molecule has 5 heteroatoms. The third kappa shape index (κ3) is 2.04. The standard InChI is InChI=1S/C15H24N4O/c1-15(2,14(16)20)19-12-7-8-17-9-11(12)18-13(19)10-5-3-4-6-10/h10,17H,3-9H2,1-2H3,(H2,16,20). The molecule has 5 nitrogen and oxygen atoms in total. The van der Waals surface area contributed by atoms with Crippen LogP contribution in [0.4, 0.5) is 0 Å². The minimum Gasteiger partial charge on any atom is -0.368 e. The SMILES string of the molecule is CC(C)(C(N)=O)n1c(C2CCCC2)nc2c1CCNC2. The Labute approximate surface area is 119 Å². The Morgan fingerprint density at radius 2 is 2.10 bits per heavy atom. The van der Waals surface area contributed by atoms with Crippen LogP contribution in [0, 0.1) is 0 Å². The molecule has 1 amide bonds. The zero-order chi connectivity index (χ0) is 14.3. The van der Waals surface area contributed by atoms with Gasteiger partial charge < -0.3 is 15.6 Å². The summed E-state index contributed by atoms with van der Waals surface area (Å²) in [6.07, 6.45) is 5.80. The monoisotopic (exact) mass is 276 g/mol. The van der Waals surface area contributed by atoms with Gasteiger partial charge >= 0.3 is 0 Å². The van der Waals surface area contributed by atoms with Gasteiger partial charge in [0, 0.05) is 31.1 Å².